The van der Waals surface area contributed by atoms with Gasteiger partial charge in [-0.2, -0.15) is 0 Å². The zero-order chi connectivity index (χ0) is 23.6. The van der Waals surface area contributed by atoms with Gasteiger partial charge in [0.2, 0.25) is 5.43 Å². The molecule has 3 rings (SSSR count). The van der Waals surface area contributed by atoms with E-state index in [4.69, 9.17) is 9.15 Å². The van der Waals surface area contributed by atoms with E-state index < -0.39 is 0 Å². The molecule has 0 saturated heterocycles. The first-order chi connectivity index (χ1) is 16.0. The number of hydrogen-bond donors (Lipinski definition) is 2. The van der Waals surface area contributed by atoms with Crippen molar-refractivity contribution in [2.24, 2.45) is 0 Å². The van der Waals surface area contributed by atoms with Gasteiger partial charge in [-0.25, -0.2) is 0 Å². The van der Waals surface area contributed by atoms with Crippen LogP contribution < -0.4 is 10.2 Å². The van der Waals surface area contributed by atoms with Crippen molar-refractivity contribution in [3.8, 4) is 28.4 Å². The minimum atomic E-state index is -0.328. The van der Waals surface area contributed by atoms with Gasteiger partial charge in [-0.1, -0.05) is 38.8 Å². The largest absolute Gasteiger partial charge is 0.508 e. The first-order valence-electron chi connectivity index (χ1n) is 12.0. The fourth-order valence-electron chi connectivity index (χ4n) is 3.86. The molecule has 0 radical (unpaired) electrons. The van der Waals surface area contributed by atoms with Crippen molar-refractivity contribution >= 4 is 11.0 Å². The second kappa shape index (κ2) is 12.3. The fraction of sp³-hybridized carbons (Fsp3) is 0.444. The van der Waals surface area contributed by atoms with Crippen molar-refractivity contribution in [3.05, 3.63) is 52.9 Å². The summed E-state index contributed by atoms with van der Waals surface area (Å²) >= 11 is 0. The molecule has 0 bridgehead atoms. The van der Waals surface area contributed by atoms with Crippen molar-refractivity contribution in [2.75, 3.05) is 26.2 Å². The van der Waals surface area contributed by atoms with Gasteiger partial charge in [-0.15, -0.1) is 0 Å². The standard InChI is InChI=1S/C27H35NO5/c1-3-5-13-28(14-6-4-2)15-7-8-16-32-22-17-24(30)26-25(18-22)33-19-23(27(26)31)20-9-11-21(29)12-10-20/h9-12,17-19,29-30H,3-8,13-16H2,1-2H3. The summed E-state index contributed by atoms with van der Waals surface area (Å²) in [5, 5.41) is 20.1. The summed E-state index contributed by atoms with van der Waals surface area (Å²) in [6.45, 7) is 8.36. The molecule has 0 fully saturated rings. The van der Waals surface area contributed by atoms with Crippen LogP contribution in [0.4, 0.5) is 0 Å². The lowest BCUT2D eigenvalue weighted by Crippen LogP contribution is -2.27. The van der Waals surface area contributed by atoms with Crippen LogP contribution in [0.15, 0.2) is 51.9 Å². The molecule has 6 heteroatoms. The predicted molar refractivity (Wildman–Crippen MR) is 132 cm³/mol. The van der Waals surface area contributed by atoms with Gasteiger partial charge in [-0.05, 0) is 63.0 Å². The average molecular weight is 454 g/mol. The third kappa shape index (κ3) is 6.75. The molecular weight excluding hydrogens is 418 g/mol. The summed E-state index contributed by atoms with van der Waals surface area (Å²) in [4.78, 5) is 15.5. The zero-order valence-corrected chi connectivity index (χ0v) is 19.7. The molecule has 2 N–H and O–H groups in total. The van der Waals surface area contributed by atoms with Crippen molar-refractivity contribution in [1.82, 2.24) is 4.90 Å². The molecule has 0 amide bonds. The van der Waals surface area contributed by atoms with Crippen LogP contribution in [0.3, 0.4) is 0 Å². The maximum atomic E-state index is 12.9. The molecule has 0 aliphatic rings. The Bertz CT molecular complexity index is 1070. The van der Waals surface area contributed by atoms with Crippen LogP contribution in [0.5, 0.6) is 17.2 Å². The maximum Gasteiger partial charge on any atom is 0.204 e. The second-order valence-electron chi connectivity index (χ2n) is 8.45. The van der Waals surface area contributed by atoms with E-state index in [1.165, 1.54) is 50.1 Å². The molecule has 0 spiro atoms. The van der Waals surface area contributed by atoms with E-state index in [0.29, 0.717) is 23.5 Å². The molecule has 1 aromatic heterocycles. The Hall–Kier alpha value is -2.99. The van der Waals surface area contributed by atoms with E-state index >= 15 is 0 Å². The lowest BCUT2D eigenvalue weighted by molar-refractivity contribution is 0.243. The topological polar surface area (TPSA) is 83.1 Å². The SMILES string of the molecule is CCCCN(CCCC)CCCCOc1cc(O)c2c(=O)c(-c3ccc(O)cc3)coc2c1. The molecule has 0 aliphatic heterocycles. The molecule has 2 aromatic carbocycles. The van der Waals surface area contributed by atoms with Crippen LogP contribution >= 0.6 is 0 Å². The highest BCUT2D eigenvalue weighted by Gasteiger charge is 2.14. The number of phenolic OH excluding ortho intramolecular Hbond substituents is 2. The summed E-state index contributed by atoms with van der Waals surface area (Å²) in [6.07, 6.45) is 8.23. The highest BCUT2D eigenvalue weighted by atomic mass is 16.5. The molecule has 0 atom stereocenters. The third-order valence-electron chi connectivity index (χ3n) is 5.80. The van der Waals surface area contributed by atoms with Crippen LogP contribution in [0.25, 0.3) is 22.1 Å². The summed E-state index contributed by atoms with van der Waals surface area (Å²) in [5.74, 6) is 0.430. The third-order valence-corrected chi connectivity index (χ3v) is 5.80. The van der Waals surface area contributed by atoms with Crippen molar-refractivity contribution in [1.29, 1.82) is 0 Å². The smallest absolute Gasteiger partial charge is 0.204 e. The zero-order valence-electron chi connectivity index (χ0n) is 19.7. The number of ether oxygens (including phenoxy) is 1. The van der Waals surface area contributed by atoms with Gasteiger partial charge < -0.3 is 24.3 Å². The van der Waals surface area contributed by atoms with E-state index in [9.17, 15) is 15.0 Å². The van der Waals surface area contributed by atoms with Gasteiger partial charge in [0.15, 0.2) is 0 Å². The molecule has 178 valence electrons. The molecule has 0 aliphatic carbocycles. The van der Waals surface area contributed by atoms with Crippen LogP contribution in [-0.2, 0) is 0 Å². The van der Waals surface area contributed by atoms with E-state index in [1.54, 1.807) is 18.2 Å². The number of hydrogen-bond acceptors (Lipinski definition) is 6. The summed E-state index contributed by atoms with van der Waals surface area (Å²) in [7, 11) is 0. The van der Waals surface area contributed by atoms with Crippen LogP contribution in [0, 0.1) is 0 Å². The quantitative estimate of drug-likeness (QED) is 0.312. The number of rotatable bonds is 13. The number of aromatic hydroxyl groups is 2. The summed E-state index contributed by atoms with van der Waals surface area (Å²) < 4.78 is 11.5. The Balaban J connectivity index is 1.61. The van der Waals surface area contributed by atoms with Gasteiger partial charge >= 0.3 is 0 Å². The Morgan fingerprint density at radius 2 is 1.58 bits per heavy atom. The van der Waals surface area contributed by atoms with Gasteiger partial charge in [-0.3, -0.25) is 4.79 Å². The van der Waals surface area contributed by atoms with Crippen molar-refractivity contribution in [2.45, 2.75) is 52.4 Å². The lowest BCUT2D eigenvalue weighted by Gasteiger charge is -2.21. The van der Waals surface area contributed by atoms with Crippen LogP contribution in [-0.4, -0.2) is 41.4 Å². The van der Waals surface area contributed by atoms with Gasteiger partial charge in [0.1, 0.15) is 34.5 Å². The van der Waals surface area contributed by atoms with Gasteiger partial charge in [0.05, 0.1) is 12.2 Å². The fourth-order valence-corrected chi connectivity index (χ4v) is 3.86. The molecule has 0 unspecified atom stereocenters. The number of benzene rings is 2. The van der Waals surface area contributed by atoms with E-state index in [1.807, 2.05) is 0 Å². The van der Waals surface area contributed by atoms with E-state index in [2.05, 4.69) is 18.7 Å². The average Bonchev–Trinajstić information content (AvgIpc) is 2.81. The first kappa shape index (κ1) is 24.6. The molecule has 33 heavy (non-hydrogen) atoms. The van der Waals surface area contributed by atoms with Crippen LogP contribution in [0.1, 0.15) is 52.4 Å². The Kier molecular flexibility index (Phi) is 9.19. The first-order valence-corrected chi connectivity index (χ1v) is 12.0. The Morgan fingerprint density at radius 3 is 2.24 bits per heavy atom. The normalized spacial score (nSPS) is 11.4. The highest BCUT2D eigenvalue weighted by molar-refractivity contribution is 5.88. The van der Waals surface area contributed by atoms with Crippen molar-refractivity contribution in [3.63, 3.8) is 0 Å². The van der Waals surface area contributed by atoms with Crippen molar-refractivity contribution < 1.29 is 19.4 Å². The summed E-state index contributed by atoms with van der Waals surface area (Å²) in [5.41, 5.74) is 0.880. The van der Waals surface area contributed by atoms with E-state index in [0.717, 1.165) is 32.5 Å². The Morgan fingerprint density at radius 1 is 0.909 bits per heavy atom. The van der Waals surface area contributed by atoms with Crippen LogP contribution in [0.2, 0.25) is 0 Å². The number of unbranched alkanes of at least 4 members (excludes halogenated alkanes) is 3. The molecule has 3 aromatic rings. The molecule has 0 saturated carbocycles. The van der Waals surface area contributed by atoms with E-state index in [-0.39, 0.29) is 27.9 Å². The lowest BCUT2D eigenvalue weighted by atomic mass is 10.0. The highest BCUT2D eigenvalue weighted by Crippen LogP contribution is 2.30. The maximum absolute atomic E-state index is 12.9. The number of nitrogens with zero attached hydrogens (tertiary/aromatic N) is 1. The van der Waals surface area contributed by atoms with Gasteiger partial charge in [0, 0.05) is 12.1 Å². The van der Waals surface area contributed by atoms with Gasteiger partial charge in [0.25, 0.3) is 0 Å². The molecule has 6 nitrogen and oxygen atoms in total. The summed E-state index contributed by atoms with van der Waals surface area (Å²) in [6, 6.07) is 9.38. The Labute approximate surface area is 195 Å². The minimum absolute atomic E-state index is 0.114. The predicted octanol–water partition coefficient (Wildman–Crippen LogP) is 5.93. The monoisotopic (exact) mass is 453 g/mol. The molecule has 1 heterocycles. The number of phenols is 2. The second-order valence-corrected chi connectivity index (χ2v) is 8.45. The molecular formula is C27H35NO5. The minimum Gasteiger partial charge on any atom is -0.508 e. The number of fused-ring (bicyclic) bond motifs is 1.